The molecule has 4 amide bonds. The van der Waals surface area contributed by atoms with Gasteiger partial charge in [-0.3, -0.25) is 28.9 Å². The van der Waals surface area contributed by atoms with Crippen molar-refractivity contribution in [3.63, 3.8) is 0 Å². The number of piperazine rings is 1. The minimum atomic E-state index is -1.19. The molecule has 13 nitrogen and oxygen atoms in total. The van der Waals surface area contributed by atoms with Crippen molar-refractivity contribution in [2.45, 2.75) is 70.6 Å². The summed E-state index contributed by atoms with van der Waals surface area (Å²) in [5.41, 5.74) is 2.81. The van der Waals surface area contributed by atoms with Gasteiger partial charge in [-0.05, 0) is 73.6 Å². The van der Waals surface area contributed by atoms with Crippen LogP contribution in [-0.4, -0.2) is 82.0 Å². The van der Waals surface area contributed by atoms with Gasteiger partial charge in [0.1, 0.15) is 23.6 Å². The maximum absolute atomic E-state index is 14.4. The quantitative estimate of drug-likeness (QED) is 0.128. The zero-order valence-electron chi connectivity index (χ0n) is 30.9. The Morgan fingerprint density at radius 1 is 0.927 bits per heavy atom. The van der Waals surface area contributed by atoms with E-state index in [0.29, 0.717) is 60.7 Å². The van der Waals surface area contributed by atoms with Crippen LogP contribution in [0.4, 0.5) is 17.4 Å². The van der Waals surface area contributed by atoms with Crippen LogP contribution in [0.3, 0.4) is 0 Å². The largest absolute Gasteiger partial charge is 0.424 e. The van der Waals surface area contributed by atoms with E-state index in [1.165, 1.54) is 0 Å². The van der Waals surface area contributed by atoms with Crippen molar-refractivity contribution in [1.29, 1.82) is 0 Å². The molecule has 3 aromatic carbocycles. The molecule has 1 unspecified atom stereocenters. The number of halogens is 1. The topological polar surface area (TPSA) is 166 Å². The molecule has 14 heteroatoms. The second-order valence-corrected chi connectivity index (χ2v) is 14.6. The van der Waals surface area contributed by atoms with Gasteiger partial charge in [0.15, 0.2) is 5.58 Å². The van der Waals surface area contributed by atoms with Crippen molar-refractivity contribution < 1.29 is 28.4 Å². The number of fused-ring (bicyclic) bond motifs is 2. The normalized spacial score (nSPS) is 20.1. The predicted octanol–water partition coefficient (Wildman–Crippen LogP) is 5.78. The lowest BCUT2D eigenvalue weighted by Gasteiger charge is -2.42. The van der Waals surface area contributed by atoms with Crippen molar-refractivity contribution in [3.8, 4) is 0 Å². The first-order valence-corrected chi connectivity index (χ1v) is 19.0. The van der Waals surface area contributed by atoms with E-state index in [2.05, 4.69) is 26.3 Å². The number of carbonyl (C=O) groups is 5. The van der Waals surface area contributed by atoms with E-state index in [-0.39, 0.29) is 42.4 Å². The lowest BCUT2D eigenvalue weighted by molar-refractivity contribution is -0.141. The van der Waals surface area contributed by atoms with Gasteiger partial charge in [0.25, 0.3) is 11.9 Å². The second kappa shape index (κ2) is 18.2. The van der Waals surface area contributed by atoms with Crippen LogP contribution in [0.1, 0.15) is 51.5 Å². The fraction of sp³-hybridized carbons (Fsp3) is 0.366. The first-order valence-electron chi connectivity index (χ1n) is 18.6. The van der Waals surface area contributed by atoms with E-state index in [9.17, 15) is 24.0 Å². The van der Waals surface area contributed by atoms with Gasteiger partial charge in [0.05, 0.1) is 11.4 Å². The monoisotopic (exact) mass is 767 g/mol. The summed E-state index contributed by atoms with van der Waals surface area (Å²) < 4.78 is 5.87. The molecular formula is C41H46ClN7O6. The molecule has 4 N–H and O–H groups in total. The van der Waals surface area contributed by atoms with Crippen LogP contribution in [0.15, 0.2) is 89.4 Å². The van der Waals surface area contributed by atoms with Gasteiger partial charge < -0.3 is 30.6 Å². The number of anilines is 3. The molecule has 0 bridgehead atoms. The molecule has 2 aliphatic heterocycles. The standard InChI is InChI=1S/C41H46ClN7O6/c1-26(2)36(47-41-46-31-14-10-11-16-34(31)55-41)40(54)49-23-22-48(24-27-18-20-28(42)21-19-27)33(25-49)38(52)45-32-15-6-4-3-5-7-17-35(50)43-29-12-8-9-13-30(29)44-39(53)37(32)51/h4,6,8-14,16,18-21,26,32-33,36H,3,5,7,15,17,22-25H2,1-2H3,(H,43,50)(H,44,53)(H,45,52)(H,46,47)/b6-4+/t32-,33-,36?/m1/s1. The lowest BCUT2D eigenvalue weighted by atomic mass is 10.0. The summed E-state index contributed by atoms with van der Waals surface area (Å²) in [5.74, 6) is -2.84. The fourth-order valence-corrected chi connectivity index (χ4v) is 6.84. The number of carbonyl (C=O) groups excluding carboxylic acids is 5. The number of nitrogens with one attached hydrogen (secondary N) is 4. The van der Waals surface area contributed by atoms with Gasteiger partial charge in [0, 0.05) is 37.6 Å². The molecule has 0 spiro atoms. The fourth-order valence-electron chi connectivity index (χ4n) is 6.71. The smallest absolute Gasteiger partial charge is 0.296 e. The molecule has 0 radical (unpaired) electrons. The molecule has 288 valence electrons. The Kier molecular flexibility index (Phi) is 13.0. The summed E-state index contributed by atoms with van der Waals surface area (Å²) in [5, 5.41) is 12.1. The number of aromatic nitrogens is 1. The third kappa shape index (κ3) is 10.2. The number of allylic oxidation sites excluding steroid dienone is 1. The van der Waals surface area contributed by atoms with Gasteiger partial charge >= 0.3 is 0 Å². The molecule has 0 aliphatic carbocycles. The summed E-state index contributed by atoms with van der Waals surface area (Å²) in [6.45, 7) is 4.97. The number of oxazole rings is 1. The number of hydrogen-bond acceptors (Lipinski definition) is 9. The number of benzene rings is 3. The molecule has 6 rings (SSSR count). The summed E-state index contributed by atoms with van der Waals surface area (Å²) in [6, 6.07) is 18.8. The lowest BCUT2D eigenvalue weighted by Crippen LogP contribution is -2.63. The maximum Gasteiger partial charge on any atom is 0.296 e. The molecule has 1 aromatic heterocycles. The highest BCUT2D eigenvalue weighted by molar-refractivity contribution is 6.43. The number of hydrogen-bond donors (Lipinski definition) is 4. The first-order chi connectivity index (χ1) is 26.5. The Morgan fingerprint density at radius 3 is 2.40 bits per heavy atom. The Labute approximate surface area is 324 Å². The average Bonchev–Trinajstić information content (AvgIpc) is 3.59. The van der Waals surface area contributed by atoms with Crippen molar-refractivity contribution in [3.05, 3.63) is 95.5 Å². The molecule has 3 heterocycles. The second-order valence-electron chi connectivity index (χ2n) is 14.2. The minimum absolute atomic E-state index is 0.0345. The van der Waals surface area contributed by atoms with Crippen LogP contribution in [0.2, 0.25) is 5.02 Å². The minimum Gasteiger partial charge on any atom is -0.424 e. The Hall–Kier alpha value is -5.53. The van der Waals surface area contributed by atoms with Gasteiger partial charge in [-0.15, -0.1) is 0 Å². The van der Waals surface area contributed by atoms with Crippen LogP contribution in [0, 0.1) is 5.92 Å². The predicted molar refractivity (Wildman–Crippen MR) is 211 cm³/mol. The van der Waals surface area contributed by atoms with E-state index < -0.39 is 35.7 Å². The summed E-state index contributed by atoms with van der Waals surface area (Å²) >= 11 is 6.16. The highest BCUT2D eigenvalue weighted by atomic mass is 35.5. The number of para-hydroxylation sites is 4. The maximum atomic E-state index is 14.4. The molecule has 0 saturated carbocycles. The SMILES string of the molecule is CC(C)C(Nc1nc2ccccc2o1)C(=O)N1CCN(Cc2ccc(Cl)cc2)[C@@H](C(=O)N[C@@H]2C/C=C/CCCCC(=O)Nc3ccccc3NC(=O)C2=O)C1. The molecular weight excluding hydrogens is 722 g/mol. The molecule has 2 aliphatic rings. The highest BCUT2D eigenvalue weighted by Crippen LogP contribution is 2.25. The zero-order chi connectivity index (χ0) is 38.9. The van der Waals surface area contributed by atoms with E-state index in [0.717, 1.165) is 12.0 Å². The van der Waals surface area contributed by atoms with Gasteiger partial charge in [-0.25, -0.2) is 0 Å². The number of ketones is 1. The molecule has 3 atom stereocenters. The summed E-state index contributed by atoms with van der Waals surface area (Å²) in [6.07, 6.45) is 6.12. The van der Waals surface area contributed by atoms with Gasteiger partial charge in [0.2, 0.25) is 23.5 Å². The van der Waals surface area contributed by atoms with Gasteiger partial charge in [-0.1, -0.05) is 74.0 Å². The summed E-state index contributed by atoms with van der Waals surface area (Å²) in [4.78, 5) is 76.5. The van der Waals surface area contributed by atoms with Crippen LogP contribution in [0.5, 0.6) is 0 Å². The Morgan fingerprint density at radius 2 is 1.65 bits per heavy atom. The van der Waals surface area contributed by atoms with Crippen LogP contribution in [-0.2, 0) is 30.5 Å². The first kappa shape index (κ1) is 39.2. The number of Topliss-reactive ketones (excluding diaryl/α,β-unsaturated/α-hetero) is 1. The third-order valence-electron chi connectivity index (χ3n) is 9.78. The Bertz CT molecular complexity index is 2010. The molecule has 1 fully saturated rings. The molecule has 55 heavy (non-hydrogen) atoms. The van der Waals surface area contributed by atoms with Crippen molar-refractivity contribution in [2.75, 3.05) is 35.6 Å². The van der Waals surface area contributed by atoms with Crippen molar-refractivity contribution in [1.82, 2.24) is 20.1 Å². The average molecular weight is 768 g/mol. The number of amides is 4. The van der Waals surface area contributed by atoms with Crippen LogP contribution >= 0.6 is 11.6 Å². The van der Waals surface area contributed by atoms with Crippen LogP contribution in [0.25, 0.3) is 11.1 Å². The number of rotatable bonds is 8. The zero-order valence-corrected chi connectivity index (χ0v) is 31.7. The summed E-state index contributed by atoms with van der Waals surface area (Å²) in [7, 11) is 0. The third-order valence-corrected chi connectivity index (χ3v) is 10.0. The molecule has 1 saturated heterocycles. The van der Waals surface area contributed by atoms with E-state index in [4.69, 9.17) is 16.0 Å². The molecule has 4 aromatic rings. The van der Waals surface area contributed by atoms with E-state index >= 15 is 0 Å². The Balaban J connectivity index is 1.23. The number of nitrogens with zero attached hydrogens (tertiary/aromatic N) is 3. The van der Waals surface area contributed by atoms with E-state index in [1.54, 1.807) is 53.4 Å². The van der Waals surface area contributed by atoms with Crippen molar-refractivity contribution in [2.24, 2.45) is 5.92 Å². The van der Waals surface area contributed by atoms with E-state index in [1.807, 2.05) is 55.2 Å². The van der Waals surface area contributed by atoms with Crippen LogP contribution < -0.4 is 21.3 Å². The van der Waals surface area contributed by atoms with Crippen molar-refractivity contribution >= 4 is 69.5 Å². The van der Waals surface area contributed by atoms with Gasteiger partial charge in [-0.2, -0.15) is 4.98 Å². The highest BCUT2D eigenvalue weighted by Gasteiger charge is 2.39.